The SMILES string of the molecule is COC(=O)c1cn(C)c2nc(Cl)ccc12. The van der Waals surface area contributed by atoms with E-state index < -0.39 is 0 Å². The summed E-state index contributed by atoms with van der Waals surface area (Å²) in [4.78, 5) is 15.6. The molecule has 0 atom stereocenters. The van der Waals surface area contributed by atoms with Crippen molar-refractivity contribution in [2.45, 2.75) is 0 Å². The summed E-state index contributed by atoms with van der Waals surface area (Å²) in [5, 5.41) is 1.15. The highest BCUT2D eigenvalue weighted by Crippen LogP contribution is 2.21. The molecule has 0 amide bonds. The molecule has 4 nitrogen and oxygen atoms in total. The van der Waals surface area contributed by atoms with E-state index in [4.69, 9.17) is 11.6 Å². The molecule has 0 N–H and O–H groups in total. The van der Waals surface area contributed by atoms with Crippen molar-refractivity contribution in [3.8, 4) is 0 Å². The molecular weight excluding hydrogens is 216 g/mol. The van der Waals surface area contributed by atoms with Gasteiger partial charge < -0.3 is 9.30 Å². The number of pyridine rings is 1. The molecule has 0 spiro atoms. The van der Waals surface area contributed by atoms with E-state index in [0.717, 1.165) is 5.39 Å². The van der Waals surface area contributed by atoms with E-state index >= 15 is 0 Å². The number of ether oxygens (including phenoxy) is 1. The average Bonchev–Trinajstić information content (AvgIpc) is 2.55. The van der Waals surface area contributed by atoms with E-state index in [-0.39, 0.29) is 5.97 Å². The number of methoxy groups -OCH3 is 1. The molecule has 2 rings (SSSR count). The maximum absolute atomic E-state index is 11.4. The summed E-state index contributed by atoms with van der Waals surface area (Å²) in [5.41, 5.74) is 1.17. The van der Waals surface area contributed by atoms with E-state index in [1.165, 1.54) is 7.11 Å². The number of rotatable bonds is 1. The Balaban J connectivity index is 2.73. The zero-order chi connectivity index (χ0) is 11.0. The van der Waals surface area contributed by atoms with E-state index in [1.54, 1.807) is 29.9 Å². The molecule has 5 heteroatoms. The predicted molar refractivity (Wildman–Crippen MR) is 57.1 cm³/mol. The second kappa shape index (κ2) is 3.55. The molecule has 0 aliphatic rings. The highest BCUT2D eigenvalue weighted by Gasteiger charge is 2.14. The van der Waals surface area contributed by atoms with Gasteiger partial charge in [-0.25, -0.2) is 9.78 Å². The average molecular weight is 225 g/mol. The summed E-state index contributed by atoms with van der Waals surface area (Å²) in [6, 6.07) is 3.41. The molecule has 0 aliphatic heterocycles. The summed E-state index contributed by atoms with van der Waals surface area (Å²) in [6.07, 6.45) is 1.68. The van der Waals surface area contributed by atoms with Gasteiger partial charge in [-0.3, -0.25) is 0 Å². The van der Waals surface area contributed by atoms with Crippen LogP contribution >= 0.6 is 11.6 Å². The predicted octanol–water partition coefficient (Wildman–Crippen LogP) is 2.01. The maximum atomic E-state index is 11.4. The molecule has 0 radical (unpaired) electrons. The third-order valence-corrected chi connectivity index (χ3v) is 2.40. The molecule has 0 bridgehead atoms. The van der Waals surface area contributed by atoms with Crippen molar-refractivity contribution in [1.29, 1.82) is 0 Å². The molecular formula is C10H9ClN2O2. The second-order valence-corrected chi connectivity index (χ2v) is 3.54. The number of aryl methyl sites for hydroxylation is 1. The minimum Gasteiger partial charge on any atom is -0.465 e. The van der Waals surface area contributed by atoms with Gasteiger partial charge in [0.15, 0.2) is 0 Å². The van der Waals surface area contributed by atoms with Crippen LogP contribution in [-0.4, -0.2) is 22.6 Å². The van der Waals surface area contributed by atoms with Crippen molar-refractivity contribution >= 4 is 28.6 Å². The molecule has 15 heavy (non-hydrogen) atoms. The monoisotopic (exact) mass is 224 g/mol. The van der Waals surface area contributed by atoms with Crippen molar-refractivity contribution in [2.24, 2.45) is 7.05 Å². The first-order chi connectivity index (χ1) is 7.13. The Hall–Kier alpha value is -1.55. The molecule has 2 aromatic rings. The Morgan fingerprint density at radius 1 is 1.53 bits per heavy atom. The van der Waals surface area contributed by atoms with Gasteiger partial charge in [0.05, 0.1) is 12.7 Å². The summed E-state index contributed by atoms with van der Waals surface area (Å²) in [7, 11) is 3.16. The van der Waals surface area contributed by atoms with Gasteiger partial charge in [-0.05, 0) is 12.1 Å². The van der Waals surface area contributed by atoms with Gasteiger partial charge >= 0.3 is 5.97 Å². The lowest BCUT2D eigenvalue weighted by atomic mass is 10.2. The summed E-state index contributed by atoms with van der Waals surface area (Å²) >= 11 is 5.77. The van der Waals surface area contributed by atoms with Crippen LogP contribution in [0.5, 0.6) is 0 Å². The van der Waals surface area contributed by atoms with Gasteiger partial charge in [-0.1, -0.05) is 11.6 Å². The molecule has 0 aliphatic carbocycles. The maximum Gasteiger partial charge on any atom is 0.340 e. The highest BCUT2D eigenvalue weighted by molar-refractivity contribution is 6.29. The lowest BCUT2D eigenvalue weighted by Gasteiger charge is -1.96. The van der Waals surface area contributed by atoms with Gasteiger partial charge in [0, 0.05) is 18.6 Å². The lowest BCUT2D eigenvalue weighted by molar-refractivity contribution is 0.0603. The summed E-state index contributed by atoms with van der Waals surface area (Å²) < 4.78 is 6.42. The number of carbonyl (C=O) groups excluding carboxylic acids is 1. The zero-order valence-electron chi connectivity index (χ0n) is 8.32. The van der Waals surface area contributed by atoms with Gasteiger partial charge in [0.1, 0.15) is 10.8 Å². The number of fused-ring (bicyclic) bond motifs is 1. The minimum absolute atomic E-state index is 0.371. The van der Waals surface area contributed by atoms with Crippen LogP contribution in [0.1, 0.15) is 10.4 Å². The first-order valence-corrected chi connectivity index (χ1v) is 4.71. The number of hydrogen-bond acceptors (Lipinski definition) is 3. The smallest absolute Gasteiger partial charge is 0.340 e. The van der Waals surface area contributed by atoms with E-state index in [1.807, 2.05) is 0 Å². The molecule has 2 aromatic heterocycles. The normalized spacial score (nSPS) is 10.6. The number of hydrogen-bond donors (Lipinski definition) is 0. The van der Waals surface area contributed by atoms with Gasteiger partial charge in [-0.15, -0.1) is 0 Å². The van der Waals surface area contributed by atoms with Crippen LogP contribution in [0.4, 0.5) is 0 Å². The van der Waals surface area contributed by atoms with Crippen LogP contribution in [0.25, 0.3) is 11.0 Å². The Kier molecular flexibility index (Phi) is 2.36. The number of halogens is 1. The molecule has 2 heterocycles. The van der Waals surface area contributed by atoms with Crippen LogP contribution < -0.4 is 0 Å². The van der Waals surface area contributed by atoms with Crippen molar-refractivity contribution in [2.75, 3.05) is 7.11 Å². The second-order valence-electron chi connectivity index (χ2n) is 3.15. The molecule has 0 unspecified atom stereocenters. The minimum atomic E-state index is -0.371. The van der Waals surface area contributed by atoms with Gasteiger partial charge in [-0.2, -0.15) is 0 Å². The molecule has 0 saturated carbocycles. The quantitative estimate of drug-likeness (QED) is 0.550. The standard InChI is InChI=1S/C10H9ClN2O2/c1-13-5-7(10(14)15-2)6-3-4-8(11)12-9(6)13/h3-5H,1-2H3. The number of nitrogens with zero attached hydrogens (tertiary/aromatic N) is 2. The Morgan fingerprint density at radius 3 is 2.93 bits per heavy atom. The van der Waals surface area contributed by atoms with Crippen LogP contribution in [0.3, 0.4) is 0 Å². The van der Waals surface area contributed by atoms with Crippen molar-refractivity contribution in [1.82, 2.24) is 9.55 Å². The van der Waals surface area contributed by atoms with Crippen molar-refractivity contribution < 1.29 is 9.53 Å². The van der Waals surface area contributed by atoms with Crippen LogP contribution in [0.2, 0.25) is 5.15 Å². The van der Waals surface area contributed by atoms with E-state index in [9.17, 15) is 4.79 Å². The fourth-order valence-electron chi connectivity index (χ4n) is 1.50. The van der Waals surface area contributed by atoms with E-state index in [0.29, 0.717) is 16.4 Å². The Bertz CT molecular complexity index is 533. The fraction of sp³-hybridized carbons (Fsp3) is 0.200. The third-order valence-electron chi connectivity index (χ3n) is 2.19. The first kappa shape index (κ1) is 9.98. The zero-order valence-corrected chi connectivity index (χ0v) is 9.08. The summed E-state index contributed by atoms with van der Waals surface area (Å²) in [6.45, 7) is 0. The topological polar surface area (TPSA) is 44.1 Å². The van der Waals surface area contributed by atoms with Gasteiger partial charge in [0.2, 0.25) is 0 Å². The molecule has 0 aromatic carbocycles. The van der Waals surface area contributed by atoms with Crippen molar-refractivity contribution in [3.05, 3.63) is 29.0 Å². The van der Waals surface area contributed by atoms with E-state index in [2.05, 4.69) is 9.72 Å². The third kappa shape index (κ3) is 1.57. The Morgan fingerprint density at radius 2 is 2.27 bits per heavy atom. The Labute approximate surface area is 91.4 Å². The van der Waals surface area contributed by atoms with Crippen molar-refractivity contribution in [3.63, 3.8) is 0 Å². The molecule has 0 saturated heterocycles. The summed E-state index contributed by atoms with van der Waals surface area (Å²) in [5.74, 6) is -0.371. The molecule has 78 valence electrons. The molecule has 0 fully saturated rings. The van der Waals surface area contributed by atoms with Crippen LogP contribution in [-0.2, 0) is 11.8 Å². The number of esters is 1. The number of aromatic nitrogens is 2. The van der Waals surface area contributed by atoms with Crippen LogP contribution in [0.15, 0.2) is 18.3 Å². The fourth-order valence-corrected chi connectivity index (χ4v) is 1.64. The van der Waals surface area contributed by atoms with Gasteiger partial charge in [0.25, 0.3) is 0 Å². The number of carbonyl (C=O) groups is 1. The first-order valence-electron chi connectivity index (χ1n) is 4.33. The lowest BCUT2D eigenvalue weighted by Crippen LogP contribution is -1.99. The largest absolute Gasteiger partial charge is 0.465 e. The van der Waals surface area contributed by atoms with Crippen LogP contribution in [0, 0.1) is 0 Å². The highest BCUT2D eigenvalue weighted by atomic mass is 35.5.